The summed E-state index contributed by atoms with van der Waals surface area (Å²) < 4.78 is 1.82. The summed E-state index contributed by atoms with van der Waals surface area (Å²) in [4.78, 5) is 12.3. The zero-order chi connectivity index (χ0) is 15.7. The predicted molar refractivity (Wildman–Crippen MR) is 86.0 cm³/mol. The molecule has 1 fully saturated rings. The monoisotopic (exact) mass is 317 g/mol. The highest BCUT2D eigenvalue weighted by atomic mass is 32.2. The molecule has 0 spiro atoms. The van der Waals surface area contributed by atoms with Crippen LogP contribution in [0.2, 0.25) is 0 Å². The first kappa shape index (κ1) is 15.0. The highest BCUT2D eigenvalue weighted by Crippen LogP contribution is 2.37. The fraction of sp³-hybridized carbons (Fsp3) is 0.467. The zero-order valence-corrected chi connectivity index (χ0v) is 13.7. The zero-order valence-electron chi connectivity index (χ0n) is 12.9. The summed E-state index contributed by atoms with van der Waals surface area (Å²) in [6.45, 7) is 5.96. The Balaban J connectivity index is 1.63. The number of anilines is 1. The maximum atomic E-state index is 12.3. The minimum atomic E-state index is -0.259. The fourth-order valence-electron chi connectivity index (χ4n) is 2.09. The van der Waals surface area contributed by atoms with Gasteiger partial charge in [-0.05, 0) is 67.3 Å². The molecular formula is C15H19N5OS. The van der Waals surface area contributed by atoms with E-state index in [0.717, 1.165) is 24.1 Å². The number of carbonyl (C=O) groups is 1. The Labute approximate surface area is 133 Å². The lowest BCUT2D eigenvalue weighted by Gasteiger charge is -2.12. The Morgan fingerprint density at radius 3 is 2.82 bits per heavy atom. The van der Waals surface area contributed by atoms with Crippen LogP contribution in [0.4, 0.5) is 5.69 Å². The van der Waals surface area contributed by atoms with Gasteiger partial charge in [0.05, 0.1) is 11.3 Å². The molecule has 1 aromatic carbocycles. The first-order valence-electron chi connectivity index (χ1n) is 7.37. The Bertz CT molecular complexity index is 695. The van der Waals surface area contributed by atoms with Crippen LogP contribution in [-0.4, -0.2) is 31.4 Å². The lowest BCUT2D eigenvalue weighted by Crippen LogP contribution is -2.23. The first-order chi connectivity index (χ1) is 10.5. The van der Waals surface area contributed by atoms with Gasteiger partial charge in [0, 0.05) is 5.69 Å². The largest absolute Gasteiger partial charge is 0.325 e. The molecular weight excluding hydrogens is 298 g/mol. The second kappa shape index (κ2) is 6.08. The normalized spacial score (nSPS) is 15.6. The van der Waals surface area contributed by atoms with E-state index in [1.807, 2.05) is 36.7 Å². The van der Waals surface area contributed by atoms with Gasteiger partial charge in [0.25, 0.3) is 0 Å². The highest BCUT2D eigenvalue weighted by molar-refractivity contribution is 8.00. The molecule has 6 nitrogen and oxygen atoms in total. The van der Waals surface area contributed by atoms with Crippen LogP contribution in [0, 0.1) is 13.8 Å². The average molecular weight is 317 g/mol. The van der Waals surface area contributed by atoms with Gasteiger partial charge in [-0.3, -0.25) is 4.79 Å². The molecule has 1 amide bonds. The van der Waals surface area contributed by atoms with Crippen molar-refractivity contribution in [1.29, 1.82) is 0 Å². The number of benzene rings is 1. The Morgan fingerprint density at radius 1 is 1.36 bits per heavy atom. The molecule has 1 atom stereocenters. The van der Waals surface area contributed by atoms with E-state index in [-0.39, 0.29) is 11.2 Å². The first-order valence-corrected chi connectivity index (χ1v) is 8.25. The minimum absolute atomic E-state index is 0.0430. The van der Waals surface area contributed by atoms with Crippen molar-refractivity contribution in [2.75, 3.05) is 5.32 Å². The van der Waals surface area contributed by atoms with Crippen molar-refractivity contribution < 1.29 is 4.79 Å². The van der Waals surface area contributed by atoms with E-state index in [0.29, 0.717) is 11.2 Å². The lowest BCUT2D eigenvalue weighted by molar-refractivity contribution is -0.115. The van der Waals surface area contributed by atoms with Crippen LogP contribution in [0.3, 0.4) is 0 Å². The molecule has 22 heavy (non-hydrogen) atoms. The molecule has 7 heteroatoms. The number of rotatable bonds is 5. The highest BCUT2D eigenvalue weighted by Gasteiger charge is 2.29. The molecule has 1 N–H and O–H groups in total. The van der Waals surface area contributed by atoms with Gasteiger partial charge in [-0.1, -0.05) is 17.8 Å². The Hall–Kier alpha value is -1.89. The molecule has 1 aliphatic rings. The van der Waals surface area contributed by atoms with E-state index >= 15 is 0 Å². The van der Waals surface area contributed by atoms with Crippen LogP contribution in [0.1, 0.15) is 36.9 Å². The molecule has 1 heterocycles. The molecule has 1 aliphatic carbocycles. The smallest absolute Gasteiger partial charge is 0.237 e. The number of hydrogen-bond acceptors (Lipinski definition) is 5. The molecule has 2 aromatic rings. The summed E-state index contributed by atoms with van der Waals surface area (Å²) in [5.41, 5.74) is 3.20. The van der Waals surface area contributed by atoms with Crippen molar-refractivity contribution in [1.82, 2.24) is 20.2 Å². The van der Waals surface area contributed by atoms with Crippen LogP contribution in [0.5, 0.6) is 0 Å². The van der Waals surface area contributed by atoms with Gasteiger partial charge in [-0.2, -0.15) is 0 Å². The maximum Gasteiger partial charge on any atom is 0.237 e. The molecule has 0 aliphatic heterocycles. The van der Waals surface area contributed by atoms with Crippen molar-refractivity contribution in [2.24, 2.45) is 0 Å². The van der Waals surface area contributed by atoms with Crippen LogP contribution in [0.25, 0.3) is 0 Å². The molecule has 0 radical (unpaired) electrons. The molecule has 116 valence electrons. The molecule has 1 unspecified atom stereocenters. The fourth-order valence-corrected chi connectivity index (χ4v) is 2.95. The molecule has 1 aromatic heterocycles. The minimum Gasteiger partial charge on any atom is -0.325 e. The number of nitrogens with one attached hydrogen (secondary N) is 1. The summed E-state index contributed by atoms with van der Waals surface area (Å²) in [6.07, 6.45) is 2.23. The van der Waals surface area contributed by atoms with Crippen molar-refractivity contribution in [3.05, 3.63) is 29.3 Å². The summed E-state index contributed by atoms with van der Waals surface area (Å²) in [5, 5.41) is 15.1. The standard InChI is InChI=1S/C15H19N5OS/c1-9-4-5-12(8-10(9)2)16-14(21)11(3)22-15-17-18-19-20(15)13-6-7-13/h4-5,8,11,13H,6-7H2,1-3H3,(H,16,21). The van der Waals surface area contributed by atoms with Gasteiger partial charge >= 0.3 is 0 Å². The van der Waals surface area contributed by atoms with E-state index in [1.54, 1.807) is 0 Å². The van der Waals surface area contributed by atoms with Gasteiger partial charge in [-0.25, -0.2) is 4.68 Å². The van der Waals surface area contributed by atoms with Crippen LogP contribution in [0.15, 0.2) is 23.4 Å². The van der Waals surface area contributed by atoms with E-state index in [1.165, 1.54) is 17.3 Å². The quantitative estimate of drug-likeness (QED) is 0.858. The summed E-state index contributed by atoms with van der Waals surface area (Å²) >= 11 is 1.39. The average Bonchev–Trinajstić information content (AvgIpc) is 3.23. The lowest BCUT2D eigenvalue weighted by atomic mass is 10.1. The maximum absolute atomic E-state index is 12.3. The summed E-state index contributed by atoms with van der Waals surface area (Å²) in [5.74, 6) is -0.0430. The summed E-state index contributed by atoms with van der Waals surface area (Å²) in [6, 6.07) is 6.33. The van der Waals surface area contributed by atoms with Gasteiger partial charge < -0.3 is 5.32 Å². The number of nitrogens with zero attached hydrogens (tertiary/aromatic N) is 4. The van der Waals surface area contributed by atoms with E-state index < -0.39 is 0 Å². The second-order valence-electron chi connectivity index (χ2n) is 5.69. The molecule has 1 saturated carbocycles. The topological polar surface area (TPSA) is 72.7 Å². The van der Waals surface area contributed by atoms with Gasteiger partial charge in [-0.15, -0.1) is 5.10 Å². The van der Waals surface area contributed by atoms with E-state index in [2.05, 4.69) is 27.8 Å². The van der Waals surface area contributed by atoms with E-state index in [9.17, 15) is 4.79 Å². The number of carbonyl (C=O) groups excluding carboxylic acids is 1. The van der Waals surface area contributed by atoms with Crippen LogP contribution in [-0.2, 0) is 4.79 Å². The van der Waals surface area contributed by atoms with Crippen molar-refractivity contribution in [3.8, 4) is 0 Å². The predicted octanol–water partition coefficient (Wildman–Crippen LogP) is 2.74. The van der Waals surface area contributed by atoms with Crippen LogP contribution >= 0.6 is 11.8 Å². The summed E-state index contributed by atoms with van der Waals surface area (Å²) in [7, 11) is 0. The van der Waals surface area contributed by atoms with Gasteiger partial charge in [0.1, 0.15) is 0 Å². The number of aryl methyl sites for hydroxylation is 2. The number of thioether (sulfide) groups is 1. The van der Waals surface area contributed by atoms with Crippen molar-refractivity contribution in [3.63, 3.8) is 0 Å². The SMILES string of the molecule is Cc1ccc(NC(=O)C(C)Sc2nnnn2C2CC2)cc1C. The molecule has 0 bridgehead atoms. The Kier molecular flexibility index (Phi) is 4.15. The van der Waals surface area contributed by atoms with Crippen molar-refractivity contribution in [2.45, 2.75) is 50.1 Å². The van der Waals surface area contributed by atoms with Crippen molar-refractivity contribution >= 4 is 23.4 Å². The Morgan fingerprint density at radius 2 is 2.14 bits per heavy atom. The van der Waals surface area contributed by atoms with Crippen LogP contribution < -0.4 is 5.32 Å². The van der Waals surface area contributed by atoms with Gasteiger partial charge in [0.2, 0.25) is 11.1 Å². The number of hydrogen-bond donors (Lipinski definition) is 1. The number of tetrazole rings is 1. The second-order valence-corrected chi connectivity index (χ2v) is 6.99. The van der Waals surface area contributed by atoms with Gasteiger partial charge in [0.15, 0.2) is 0 Å². The number of amides is 1. The van der Waals surface area contributed by atoms with E-state index in [4.69, 9.17) is 0 Å². The molecule has 3 rings (SSSR count). The third-order valence-electron chi connectivity index (χ3n) is 3.78. The third kappa shape index (κ3) is 3.30. The third-order valence-corrected chi connectivity index (χ3v) is 4.83. The molecule has 0 saturated heterocycles. The number of aromatic nitrogens is 4.